The van der Waals surface area contributed by atoms with E-state index in [1.165, 1.54) is 0 Å². The number of aromatic nitrogens is 3. The number of unbranched alkanes of at least 4 members (excludes halogenated alkanes) is 2. The number of imidazole rings is 1. The molecule has 0 aliphatic rings. The summed E-state index contributed by atoms with van der Waals surface area (Å²) in [6.07, 6.45) is 4.48. The third-order valence-corrected chi connectivity index (χ3v) is 8.29. The molecule has 7 nitrogen and oxygen atoms in total. The molecule has 38 heavy (non-hydrogen) atoms. The predicted molar refractivity (Wildman–Crippen MR) is 154 cm³/mol. The molecule has 3 N–H and O–H groups in total. The zero-order valence-electron chi connectivity index (χ0n) is 21.6. The van der Waals surface area contributed by atoms with Crippen molar-refractivity contribution in [3.63, 3.8) is 0 Å². The maximum Gasteiger partial charge on any atom is 0.240 e. The minimum Gasteiger partial charge on any atom is -0.382 e. The van der Waals surface area contributed by atoms with Crippen LogP contribution in [0.2, 0.25) is 0 Å². The highest BCUT2D eigenvalue weighted by Gasteiger charge is 2.17. The van der Waals surface area contributed by atoms with Crippen molar-refractivity contribution in [3.8, 4) is 11.1 Å². The normalized spacial score (nSPS) is 11.9. The van der Waals surface area contributed by atoms with E-state index in [4.69, 9.17) is 10.7 Å². The molecule has 0 saturated carbocycles. The molecule has 0 radical (unpaired) electrons. The predicted octanol–water partition coefficient (Wildman–Crippen LogP) is 5.94. The molecular formula is C30H33N5O2S. The van der Waals surface area contributed by atoms with Crippen LogP contribution in [-0.2, 0) is 23.0 Å². The first kappa shape index (κ1) is 25.9. The lowest BCUT2D eigenvalue weighted by Crippen LogP contribution is -2.25. The molecule has 0 saturated heterocycles. The molecule has 0 amide bonds. The fourth-order valence-corrected chi connectivity index (χ4v) is 5.89. The molecule has 3 aromatic carbocycles. The molecule has 5 rings (SSSR count). The van der Waals surface area contributed by atoms with Crippen LogP contribution < -0.4 is 10.5 Å². The van der Waals surface area contributed by atoms with Gasteiger partial charge in [0.15, 0.2) is 5.82 Å². The van der Waals surface area contributed by atoms with Gasteiger partial charge in [-0.15, -0.1) is 0 Å². The Morgan fingerprint density at radius 1 is 0.842 bits per heavy atom. The summed E-state index contributed by atoms with van der Waals surface area (Å²) in [6, 6.07) is 24.9. The Bertz CT molecular complexity index is 1650. The van der Waals surface area contributed by atoms with E-state index in [0.29, 0.717) is 18.8 Å². The Hall–Kier alpha value is -3.75. The van der Waals surface area contributed by atoms with Crippen LogP contribution in [-0.4, -0.2) is 29.5 Å². The standard InChI is InChI=1S/C30H33N5O2S/c1-2-3-15-27-34-28-29(25-13-7-8-14-26(25)33-30(28)31)35(27)21-10-9-20-32-38(36,37)24-18-16-23(17-19-24)22-11-5-4-6-12-22/h4-8,11-14,16-19,32H,2-3,9-10,15,20-21H2,1H3,(H2,31,33). The first-order valence-corrected chi connectivity index (χ1v) is 14.6. The number of anilines is 1. The fourth-order valence-electron chi connectivity index (χ4n) is 4.81. The van der Waals surface area contributed by atoms with Crippen molar-refractivity contribution >= 4 is 37.8 Å². The van der Waals surface area contributed by atoms with Crippen LogP contribution in [0.3, 0.4) is 0 Å². The zero-order chi connectivity index (χ0) is 26.5. The molecule has 5 aromatic rings. The van der Waals surface area contributed by atoms with Crippen molar-refractivity contribution in [2.45, 2.75) is 50.5 Å². The lowest BCUT2D eigenvalue weighted by atomic mass is 10.1. The van der Waals surface area contributed by atoms with Crippen LogP contribution in [0.25, 0.3) is 33.1 Å². The molecule has 196 valence electrons. The summed E-state index contributed by atoms with van der Waals surface area (Å²) in [7, 11) is -3.58. The van der Waals surface area contributed by atoms with Crippen LogP contribution in [0.5, 0.6) is 0 Å². The summed E-state index contributed by atoms with van der Waals surface area (Å²) in [4.78, 5) is 9.69. The second-order valence-corrected chi connectivity index (χ2v) is 11.3. The minimum absolute atomic E-state index is 0.272. The smallest absolute Gasteiger partial charge is 0.240 e. The number of sulfonamides is 1. The molecule has 2 heterocycles. The van der Waals surface area contributed by atoms with Gasteiger partial charge in [-0.05, 0) is 48.6 Å². The van der Waals surface area contributed by atoms with E-state index < -0.39 is 10.0 Å². The van der Waals surface area contributed by atoms with Gasteiger partial charge in [-0.1, -0.05) is 74.0 Å². The Balaban J connectivity index is 1.27. The lowest BCUT2D eigenvalue weighted by molar-refractivity contribution is 0.561. The number of nitrogens with two attached hydrogens (primary N) is 1. The van der Waals surface area contributed by atoms with Gasteiger partial charge in [-0.2, -0.15) is 0 Å². The van der Waals surface area contributed by atoms with Crippen LogP contribution in [0.1, 0.15) is 38.4 Å². The summed E-state index contributed by atoms with van der Waals surface area (Å²) in [5.74, 6) is 1.45. The number of fused-ring (bicyclic) bond motifs is 3. The Labute approximate surface area is 223 Å². The SMILES string of the molecule is CCCCc1nc2c(N)nc3ccccc3c2n1CCCCNS(=O)(=O)c1ccc(-c2ccccc2)cc1. The number of nitrogens with zero attached hydrogens (tertiary/aromatic N) is 3. The van der Waals surface area contributed by atoms with Crippen molar-refractivity contribution in [1.29, 1.82) is 0 Å². The summed E-state index contributed by atoms with van der Waals surface area (Å²) in [5.41, 5.74) is 10.9. The van der Waals surface area contributed by atoms with E-state index in [1.54, 1.807) is 12.1 Å². The first-order valence-electron chi connectivity index (χ1n) is 13.2. The summed E-state index contributed by atoms with van der Waals surface area (Å²) in [6.45, 7) is 3.26. The number of aryl methyl sites for hydroxylation is 2. The molecule has 0 spiro atoms. The van der Waals surface area contributed by atoms with Gasteiger partial charge < -0.3 is 10.3 Å². The topological polar surface area (TPSA) is 103 Å². The first-order chi connectivity index (χ1) is 18.5. The highest BCUT2D eigenvalue weighted by Crippen LogP contribution is 2.29. The maximum atomic E-state index is 12.9. The number of nitrogen functional groups attached to an aromatic ring is 1. The quantitative estimate of drug-likeness (QED) is 0.207. The summed E-state index contributed by atoms with van der Waals surface area (Å²) < 4.78 is 30.7. The van der Waals surface area contributed by atoms with Gasteiger partial charge in [0.25, 0.3) is 0 Å². The minimum atomic E-state index is -3.58. The van der Waals surface area contributed by atoms with E-state index in [9.17, 15) is 8.42 Å². The van der Waals surface area contributed by atoms with Gasteiger partial charge in [-0.3, -0.25) is 0 Å². The third kappa shape index (κ3) is 5.42. The van der Waals surface area contributed by atoms with Crippen molar-refractivity contribution < 1.29 is 8.42 Å². The molecular weight excluding hydrogens is 494 g/mol. The molecule has 0 fully saturated rings. The molecule has 0 aliphatic heterocycles. The fraction of sp³-hybridized carbons (Fsp3) is 0.267. The molecule has 8 heteroatoms. The van der Waals surface area contributed by atoms with Gasteiger partial charge in [-0.25, -0.2) is 23.1 Å². The summed E-state index contributed by atoms with van der Waals surface area (Å²) in [5, 5.41) is 1.03. The largest absolute Gasteiger partial charge is 0.382 e. The summed E-state index contributed by atoms with van der Waals surface area (Å²) >= 11 is 0. The monoisotopic (exact) mass is 527 g/mol. The Morgan fingerprint density at radius 3 is 2.32 bits per heavy atom. The molecule has 0 atom stereocenters. The molecule has 2 aromatic heterocycles. The van der Waals surface area contributed by atoms with Gasteiger partial charge in [0.1, 0.15) is 11.3 Å². The lowest BCUT2D eigenvalue weighted by Gasteiger charge is -2.12. The van der Waals surface area contributed by atoms with Crippen molar-refractivity contribution in [2.75, 3.05) is 12.3 Å². The highest BCUT2D eigenvalue weighted by molar-refractivity contribution is 7.89. The van der Waals surface area contributed by atoms with E-state index in [0.717, 1.165) is 71.1 Å². The number of pyridine rings is 1. The van der Waals surface area contributed by atoms with E-state index in [-0.39, 0.29) is 4.90 Å². The van der Waals surface area contributed by atoms with Crippen molar-refractivity contribution in [2.24, 2.45) is 0 Å². The Kier molecular flexibility index (Phi) is 7.72. The van der Waals surface area contributed by atoms with Gasteiger partial charge in [0, 0.05) is 24.9 Å². The molecule has 0 bridgehead atoms. The van der Waals surface area contributed by atoms with Crippen molar-refractivity contribution in [1.82, 2.24) is 19.3 Å². The second-order valence-electron chi connectivity index (χ2n) is 9.49. The molecule has 0 unspecified atom stereocenters. The van der Waals surface area contributed by atoms with Gasteiger partial charge >= 0.3 is 0 Å². The van der Waals surface area contributed by atoms with Crippen LogP contribution in [0.4, 0.5) is 5.82 Å². The van der Waals surface area contributed by atoms with E-state index in [2.05, 4.69) is 27.3 Å². The van der Waals surface area contributed by atoms with E-state index in [1.807, 2.05) is 60.7 Å². The zero-order valence-corrected chi connectivity index (χ0v) is 22.4. The number of hydrogen-bond acceptors (Lipinski definition) is 5. The van der Waals surface area contributed by atoms with Gasteiger partial charge in [0.2, 0.25) is 10.0 Å². The number of para-hydroxylation sites is 1. The highest BCUT2D eigenvalue weighted by atomic mass is 32.2. The number of benzene rings is 3. The molecule has 0 aliphatic carbocycles. The number of hydrogen-bond donors (Lipinski definition) is 2. The average molecular weight is 528 g/mol. The number of rotatable bonds is 11. The van der Waals surface area contributed by atoms with Crippen LogP contribution >= 0.6 is 0 Å². The Morgan fingerprint density at radius 2 is 1.55 bits per heavy atom. The van der Waals surface area contributed by atoms with Gasteiger partial charge in [0.05, 0.1) is 15.9 Å². The van der Waals surface area contributed by atoms with Crippen LogP contribution in [0.15, 0.2) is 83.8 Å². The third-order valence-electron chi connectivity index (χ3n) is 6.82. The maximum absolute atomic E-state index is 12.9. The number of nitrogens with one attached hydrogen (secondary N) is 1. The second kappa shape index (κ2) is 11.3. The average Bonchev–Trinajstić information content (AvgIpc) is 3.31. The van der Waals surface area contributed by atoms with E-state index >= 15 is 0 Å². The van der Waals surface area contributed by atoms with Crippen molar-refractivity contribution in [3.05, 3.63) is 84.7 Å². The van der Waals surface area contributed by atoms with Crippen LogP contribution in [0, 0.1) is 0 Å².